The van der Waals surface area contributed by atoms with Gasteiger partial charge in [0.05, 0.1) is 17.8 Å². The number of hydrogen-bond donors (Lipinski definition) is 3. The van der Waals surface area contributed by atoms with Gasteiger partial charge in [-0.2, -0.15) is 0 Å². The Kier molecular flexibility index (Phi) is 21.5. The molecular formula is C33H54O6. The fourth-order valence-electron chi connectivity index (χ4n) is 3.35. The molecule has 0 radical (unpaired) electrons. The zero-order chi connectivity index (χ0) is 28.7. The van der Waals surface area contributed by atoms with Crippen LogP contribution in [0.3, 0.4) is 0 Å². The van der Waals surface area contributed by atoms with Crippen molar-refractivity contribution in [2.75, 3.05) is 0 Å². The molecule has 0 saturated heterocycles. The molecule has 0 aliphatic carbocycles. The van der Waals surface area contributed by atoms with Crippen LogP contribution in [-0.2, 0) is 27.2 Å². The van der Waals surface area contributed by atoms with E-state index in [1.807, 2.05) is 103 Å². The molecule has 2 aromatic carbocycles. The molecule has 39 heavy (non-hydrogen) atoms. The number of carboxylic acids is 3. The summed E-state index contributed by atoms with van der Waals surface area (Å²) in [5, 5.41) is 26.4. The quantitative estimate of drug-likeness (QED) is 0.277. The normalized spacial score (nSPS) is 12.4. The molecule has 0 aliphatic rings. The number of aryl methyl sites for hydroxylation is 1. The second-order valence-corrected chi connectivity index (χ2v) is 10.6. The van der Waals surface area contributed by atoms with Crippen molar-refractivity contribution >= 4 is 17.9 Å². The summed E-state index contributed by atoms with van der Waals surface area (Å²) in [6, 6.07) is 17.8. The van der Waals surface area contributed by atoms with Crippen LogP contribution in [0.4, 0.5) is 0 Å². The Morgan fingerprint density at radius 2 is 0.923 bits per heavy atom. The summed E-state index contributed by atoms with van der Waals surface area (Å²) in [6.07, 6.45) is 1.24. The van der Waals surface area contributed by atoms with E-state index >= 15 is 0 Å². The largest absolute Gasteiger partial charge is 0.481 e. The lowest BCUT2D eigenvalue weighted by Crippen LogP contribution is -2.22. The molecule has 0 heterocycles. The Hall–Kier alpha value is -3.15. The van der Waals surface area contributed by atoms with Gasteiger partial charge in [-0.3, -0.25) is 14.4 Å². The van der Waals surface area contributed by atoms with Gasteiger partial charge in [-0.25, -0.2) is 0 Å². The van der Waals surface area contributed by atoms with Crippen LogP contribution in [0.5, 0.6) is 0 Å². The van der Waals surface area contributed by atoms with E-state index in [2.05, 4.69) is 0 Å². The molecule has 0 saturated carbocycles. The van der Waals surface area contributed by atoms with E-state index in [0.29, 0.717) is 12.8 Å². The molecule has 0 spiro atoms. The molecule has 2 rings (SSSR count). The molecule has 0 unspecified atom stereocenters. The van der Waals surface area contributed by atoms with Crippen molar-refractivity contribution in [3.05, 3.63) is 71.3 Å². The third-order valence-electron chi connectivity index (χ3n) is 6.51. The monoisotopic (exact) mass is 546 g/mol. The van der Waals surface area contributed by atoms with Gasteiger partial charge >= 0.3 is 17.9 Å². The highest BCUT2D eigenvalue weighted by Gasteiger charge is 2.22. The molecule has 222 valence electrons. The van der Waals surface area contributed by atoms with Gasteiger partial charge in [-0.1, -0.05) is 123 Å². The lowest BCUT2D eigenvalue weighted by Gasteiger charge is -2.16. The second kappa shape index (κ2) is 20.8. The zero-order valence-corrected chi connectivity index (χ0v) is 23.6. The van der Waals surface area contributed by atoms with Crippen molar-refractivity contribution in [2.45, 2.75) is 83.1 Å². The van der Waals surface area contributed by atoms with Gasteiger partial charge in [0.15, 0.2) is 0 Å². The predicted octanol–water partition coefficient (Wildman–Crippen LogP) is 8.12. The molecule has 0 bridgehead atoms. The van der Waals surface area contributed by atoms with Crippen molar-refractivity contribution in [3.63, 3.8) is 0 Å². The van der Waals surface area contributed by atoms with Crippen LogP contribution in [0, 0.1) is 42.4 Å². The van der Waals surface area contributed by atoms with Crippen LogP contribution in [0.25, 0.3) is 0 Å². The maximum Gasteiger partial charge on any atom is 0.307 e. The van der Waals surface area contributed by atoms with Crippen LogP contribution in [0.1, 0.15) is 80.0 Å². The first-order valence-corrected chi connectivity index (χ1v) is 12.9. The molecule has 2 aromatic rings. The van der Waals surface area contributed by atoms with Crippen LogP contribution in [0.15, 0.2) is 54.6 Å². The van der Waals surface area contributed by atoms with Crippen molar-refractivity contribution in [1.29, 1.82) is 0 Å². The summed E-state index contributed by atoms with van der Waals surface area (Å²) in [7, 11) is 0. The number of carbonyl (C=O) groups is 3. The first-order valence-electron chi connectivity index (χ1n) is 12.9. The molecule has 0 aliphatic heterocycles. The van der Waals surface area contributed by atoms with Crippen LogP contribution in [0.2, 0.25) is 0 Å². The number of benzene rings is 2. The van der Waals surface area contributed by atoms with Gasteiger partial charge in [0.2, 0.25) is 0 Å². The Morgan fingerprint density at radius 3 is 1.18 bits per heavy atom. The average Bonchev–Trinajstić information content (AvgIpc) is 2.82. The number of aliphatic carboxylic acids is 3. The molecule has 6 heteroatoms. The summed E-state index contributed by atoms with van der Waals surface area (Å²) in [5.41, 5.74) is 3.39. The third kappa shape index (κ3) is 17.1. The topological polar surface area (TPSA) is 112 Å². The minimum Gasteiger partial charge on any atom is -0.481 e. The Labute approximate surface area is 237 Å². The van der Waals surface area contributed by atoms with Gasteiger partial charge in [0, 0.05) is 0 Å². The van der Waals surface area contributed by atoms with Crippen molar-refractivity contribution in [3.8, 4) is 0 Å². The highest BCUT2D eigenvalue weighted by molar-refractivity contribution is 5.71. The highest BCUT2D eigenvalue weighted by Crippen LogP contribution is 2.18. The number of hydrogen-bond acceptors (Lipinski definition) is 3. The molecule has 0 aromatic heterocycles. The van der Waals surface area contributed by atoms with Gasteiger partial charge in [-0.15, -0.1) is 0 Å². The first kappa shape index (κ1) is 40.3. The third-order valence-corrected chi connectivity index (χ3v) is 6.51. The second-order valence-electron chi connectivity index (χ2n) is 10.6. The number of rotatable bonds is 10. The van der Waals surface area contributed by atoms with Crippen molar-refractivity contribution in [1.82, 2.24) is 0 Å². The zero-order valence-electron chi connectivity index (χ0n) is 23.6. The average molecular weight is 547 g/mol. The fourth-order valence-corrected chi connectivity index (χ4v) is 3.35. The smallest absolute Gasteiger partial charge is 0.307 e. The van der Waals surface area contributed by atoms with E-state index in [9.17, 15) is 14.4 Å². The van der Waals surface area contributed by atoms with E-state index in [1.165, 1.54) is 5.56 Å². The van der Waals surface area contributed by atoms with Crippen LogP contribution >= 0.6 is 0 Å². The minimum atomic E-state index is -0.708. The van der Waals surface area contributed by atoms with E-state index in [1.54, 1.807) is 6.92 Å². The van der Waals surface area contributed by atoms with Crippen molar-refractivity contribution < 1.29 is 29.7 Å². The summed E-state index contributed by atoms with van der Waals surface area (Å²) in [4.78, 5) is 32.1. The van der Waals surface area contributed by atoms with E-state index in [-0.39, 0.29) is 50.4 Å². The SMILES string of the molecule is C.C.CC(C)[C@@H](C)C(=O)O.CC(C)[C@@H](Cc1ccccc1)C(=O)O.Cc1ccc(C[C@@H](C(=O)O)C(C)C)cc1. The number of carboxylic acid groups (broad SMARTS) is 3. The lowest BCUT2D eigenvalue weighted by molar-refractivity contribution is -0.144. The van der Waals surface area contributed by atoms with Gasteiger partial charge in [0.25, 0.3) is 0 Å². The lowest BCUT2D eigenvalue weighted by atomic mass is 9.89. The molecule has 0 fully saturated rings. The fraction of sp³-hybridized carbons (Fsp3) is 0.545. The Bertz CT molecular complexity index is 932. The standard InChI is InChI=1S/C13H18O2.C12H16O2.C6H12O2.2CH4/c1-9(2)12(13(14)15)8-11-6-4-10(3)5-7-11;1-9(2)11(12(13)14)8-10-6-4-3-5-7-10;1-4(2)5(3)6(7)8;;/h4-7,9,12H,8H2,1-3H3,(H,14,15);3-7,9,11H,8H2,1-2H3,(H,13,14);4-5H,1-3H3,(H,7,8);2*1H4/t12-;11-;5-;;/m111../s1. The Morgan fingerprint density at radius 1 is 0.564 bits per heavy atom. The summed E-state index contributed by atoms with van der Waals surface area (Å²) in [6.45, 7) is 15.3. The Balaban J connectivity index is -0.000000508. The van der Waals surface area contributed by atoms with Gasteiger partial charge < -0.3 is 15.3 Å². The van der Waals surface area contributed by atoms with Crippen LogP contribution in [-0.4, -0.2) is 33.2 Å². The molecule has 6 nitrogen and oxygen atoms in total. The first-order chi connectivity index (χ1) is 17.2. The minimum absolute atomic E-state index is 0. The molecule has 3 atom stereocenters. The summed E-state index contributed by atoms with van der Waals surface area (Å²) < 4.78 is 0. The summed E-state index contributed by atoms with van der Waals surface area (Å²) in [5.74, 6) is -2.31. The maximum absolute atomic E-state index is 11.0. The van der Waals surface area contributed by atoms with E-state index in [4.69, 9.17) is 15.3 Å². The molecular weight excluding hydrogens is 492 g/mol. The van der Waals surface area contributed by atoms with Crippen LogP contribution < -0.4 is 0 Å². The van der Waals surface area contributed by atoms with E-state index in [0.717, 1.165) is 11.1 Å². The summed E-state index contributed by atoms with van der Waals surface area (Å²) >= 11 is 0. The van der Waals surface area contributed by atoms with Gasteiger partial charge in [-0.05, 0) is 48.6 Å². The van der Waals surface area contributed by atoms with Crippen molar-refractivity contribution in [2.24, 2.45) is 35.5 Å². The molecule has 3 N–H and O–H groups in total. The molecule has 0 amide bonds. The van der Waals surface area contributed by atoms with E-state index < -0.39 is 17.9 Å². The highest BCUT2D eigenvalue weighted by atomic mass is 16.4. The van der Waals surface area contributed by atoms with Gasteiger partial charge in [0.1, 0.15) is 0 Å². The maximum atomic E-state index is 11.0. The predicted molar refractivity (Wildman–Crippen MR) is 162 cm³/mol.